The summed E-state index contributed by atoms with van der Waals surface area (Å²) in [7, 11) is 0. The fourth-order valence-corrected chi connectivity index (χ4v) is 4.55. The number of hydrogen-bond donors (Lipinski definition) is 1. The molecule has 0 heterocycles. The second-order valence-electron chi connectivity index (χ2n) is 7.32. The van der Waals surface area contributed by atoms with Crippen molar-refractivity contribution in [2.75, 3.05) is 5.32 Å². The molecule has 2 aliphatic carbocycles. The Morgan fingerprint density at radius 2 is 1.87 bits per heavy atom. The highest BCUT2D eigenvalue weighted by atomic mass is 16.1. The number of para-hydroxylation sites is 1. The Labute approximate surface area is 137 Å². The third kappa shape index (κ3) is 2.20. The first-order valence-corrected chi connectivity index (χ1v) is 8.60. The summed E-state index contributed by atoms with van der Waals surface area (Å²) < 4.78 is 0. The topological polar surface area (TPSA) is 29.1 Å². The minimum atomic E-state index is 0.126. The standard InChI is InChI=1S/C21H23NO/c1-14-17-9-6-12-21(14,2)19-13-16(10-11-18(19)20(17)23)22-15-7-4-3-5-8-15/h3-5,7-8,10-11,13-14,17,22H,6,9,12H2,1-2H3/t14-,17-,21-/m0/s1. The number of Topliss-reactive ketones (excluding diaryl/α,β-unsaturated/α-hetero) is 1. The van der Waals surface area contributed by atoms with Crippen molar-refractivity contribution in [3.63, 3.8) is 0 Å². The van der Waals surface area contributed by atoms with Gasteiger partial charge in [-0.05, 0) is 60.1 Å². The molecule has 2 aromatic rings. The Morgan fingerprint density at radius 3 is 2.65 bits per heavy atom. The van der Waals surface area contributed by atoms with Crippen LogP contribution in [0.5, 0.6) is 0 Å². The fraction of sp³-hybridized carbons (Fsp3) is 0.381. The Morgan fingerprint density at radius 1 is 1.09 bits per heavy atom. The molecule has 23 heavy (non-hydrogen) atoms. The molecule has 0 saturated heterocycles. The third-order valence-electron chi connectivity index (χ3n) is 6.12. The maximum atomic E-state index is 12.8. The van der Waals surface area contributed by atoms with Crippen LogP contribution in [0.4, 0.5) is 11.4 Å². The normalized spacial score (nSPS) is 29.0. The van der Waals surface area contributed by atoms with E-state index in [9.17, 15) is 4.79 Å². The number of carbonyl (C=O) groups excluding carboxylic acids is 1. The molecule has 118 valence electrons. The van der Waals surface area contributed by atoms with Crippen molar-refractivity contribution < 1.29 is 4.79 Å². The first kappa shape index (κ1) is 14.5. The van der Waals surface area contributed by atoms with Crippen molar-refractivity contribution in [2.24, 2.45) is 11.8 Å². The van der Waals surface area contributed by atoms with E-state index in [0.29, 0.717) is 11.7 Å². The van der Waals surface area contributed by atoms with E-state index >= 15 is 0 Å². The molecule has 0 unspecified atom stereocenters. The molecular formula is C21H23NO. The van der Waals surface area contributed by atoms with Crippen molar-refractivity contribution in [2.45, 2.75) is 38.5 Å². The summed E-state index contributed by atoms with van der Waals surface area (Å²) in [5, 5.41) is 3.46. The highest BCUT2D eigenvalue weighted by molar-refractivity contribution is 6.01. The molecule has 0 aliphatic heterocycles. The van der Waals surface area contributed by atoms with Gasteiger partial charge in [0.05, 0.1) is 0 Å². The van der Waals surface area contributed by atoms with Gasteiger partial charge in [-0.25, -0.2) is 0 Å². The lowest BCUT2D eigenvalue weighted by Gasteiger charge is -2.49. The Balaban J connectivity index is 1.77. The van der Waals surface area contributed by atoms with Crippen LogP contribution >= 0.6 is 0 Å². The molecule has 0 amide bonds. The van der Waals surface area contributed by atoms with E-state index in [-0.39, 0.29) is 11.3 Å². The molecule has 0 aromatic heterocycles. The smallest absolute Gasteiger partial charge is 0.166 e. The number of carbonyl (C=O) groups is 1. The number of rotatable bonds is 2. The predicted molar refractivity (Wildman–Crippen MR) is 94.4 cm³/mol. The quantitative estimate of drug-likeness (QED) is 0.813. The summed E-state index contributed by atoms with van der Waals surface area (Å²) in [5.41, 5.74) is 4.47. The largest absolute Gasteiger partial charge is 0.356 e. The lowest BCUT2D eigenvalue weighted by atomic mass is 9.54. The minimum Gasteiger partial charge on any atom is -0.356 e. The van der Waals surface area contributed by atoms with Crippen LogP contribution in [0, 0.1) is 11.8 Å². The van der Waals surface area contributed by atoms with Crippen molar-refractivity contribution in [3.8, 4) is 0 Å². The SMILES string of the molecule is C[C@H]1[C@@H]2CCC[C@]1(C)c1cc(Nc3ccccc3)ccc1C2=O. The van der Waals surface area contributed by atoms with Crippen LogP contribution in [0.2, 0.25) is 0 Å². The molecule has 2 bridgehead atoms. The second-order valence-corrected chi connectivity index (χ2v) is 7.32. The van der Waals surface area contributed by atoms with E-state index in [1.165, 1.54) is 12.0 Å². The Kier molecular flexibility index (Phi) is 3.29. The molecule has 0 radical (unpaired) electrons. The van der Waals surface area contributed by atoms with Crippen LogP contribution < -0.4 is 5.32 Å². The fourth-order valence-electron chi connectivity index (χ4n) is 4.55. The lowest BCUT2D eigenvalue weighted by molar-refractivity contribution is 0.0668. The van der Waals surface area contributed by atoms with E-state index in [4.69, 9.17) is 0 Å². The van der Waals surface area contributed by atoms with Crippen molar-refractivity contribution in [1.82, 2.24) is 0 Å². The monoisotopic (exact) mass is 305 g/mol. The van der Waals surface area contributed by atoms with E-state index in [2.05, 4.69) is 37.4 Å². The van der Waals surface area contributed by atoms with Crippen LogP contribution in [0.25, 0.3) is 0 Å². The molecule has 1 N–H and O–H groups in total. The first-order chi connectivity index (χ1) is 11.1. The van der Waals surface area contributed by atoms with Crippen molar-refractivity contribution in [1.29, 1.82) is 0 Å². The van der Waals surface area contributed by atoms with Gasteiger partial charge in [0.2, 0.25) is 0 Å². The number of ketones is 1. The summed E-state index contributed by atoms with van der Waals surface area (Å²) in [6.07, 6.45) is 3.39. The van der Waals surface area contributed by atoms with Gasteiger partial charge in [0.25, 0.3) is 0 Å². The van der Waals surface area contributed by atoms with Gasteiger partial charge < -0.3 is 5.32 Å². The number of fused-ring (bicyclic) bond motifs is 4. The van der Waals surface area contributed by atoms with Crippen molar-refractivity contribution >= 4 is 17.2 Å². The van der Waals surface area contributed by atoms with Crippen LogP contribution in [-0.4, -0.2) is 5.78 Å². The highest BCUT2D eigenvalue weighted by Gasteiger charge is 2.49. The summed E-state index contributed by atoms with van der Waals surface area (Å²) >= 11 is 0. The molecular weight excluding hydrogens is 282 g/mol. The maximum absolute atomic E-state index is 12.8. The van der Waals surface area contributed by atoms with Crippen LogP contribution in [0.3, 0.4) is 0 Å². The van der Waals surface area contributed by atoms with Crippen molar-refractivity contribution in [3.05, 3.63) is 59.7 Å². The van der Waals surface area contributed by atoms with Gasteiger partial charge in [-0.3, -0.25) is 4.79 Å². The molecule has 4 rings (SSSR count). The predicted octanol–water partition coefficient (Wildman–Crippen LogP) is 5.32. The summed E-state index contributed by atoms with van der Waals surface area (Å²) in [6, 6.07) is 16.5. The average molecular weight is 305 g/mol. The molecule has 0 spiro atoms. The zero-order valence-corrected chi connectivity index (χ0v) is 13.8. The third-order valence-corrected chi connectivity index (χ3v) is 6.12. The number of anilines is 2. The van der Waals surface area contributed by atoms with Gasteiger partial charge in [0.1, 0.15) is 0 Å². The molecule has 1 saturated carbocycles. The molecule has 1 fully saturated rings. The molecule has 2 aliphatic rings. The molecule has 2 aromatic carbocycles. The van der Waals surface area contributed by atoms with Gasteiger partial charge in [-0.1, -0.05) is 38.5 Å². The molecule has 2 heteroatoms. The summed E-state index contributed by atoms with van der Waals surface area (Å²) in [5.74, 6) is 1.01. The van der Waals surface area contributed by atoms with E-state index in [1.54, 1.807) is 0 Å². The summed E-state index contributed by atoms with van der Waals surface area (Å²) in [4.78, 5) is 12.8. The van der Waals surface area contributed by atoms with E-state index < -0.39 is 0 Å². The lowest BCUT2D eigenvalue weighted by Crippen LogP contribution is -2.47. The minimum absolute atomic E-state index is 0.126. The van der Waals surface area contributed by atoms with Gasteiger partial charge in [0.15, 0.2) is 5.78 Å². The van der Waals surface area contributed by atoms with Crippen LogP contribution in [-0.2, 0) is 5.41 Å². The van der Waals surface area contributed by atoms with Gasteiger partial charge in [-0.15, -0.1) is 0 Å². The van der Waals surface area contributed by atoms with E-state index in [0.717, 1.165) is 29.8 Å². The summed E-state index contributed by atoms with van der Waals surface area (Å²) in [6.45, 7) is 4.61. The zero-order chi connectivity index (χ0) is 16.0. The van der Waals surface area contributed by atoms with Gasteiger partial charge in [0, 0.05) is 22.9 Å². The molecule has 3 atom stereocenters. The number of benzene rings is 2. The Bertz CT molecular complexity index is 752. The first-order valence-electron chi connectivity index (χ1n) is 8.60. The van der Waals surface area contributed by atoms with E-state index in [1.807, 2.05) is 30.3 Å². The number of nitrogens with one attached hydrogen (secondary N) is 1. The average Bonchev–Trinajstić information content (AvgIpc) is 2.56. The molecule has 2 nitrogen and oxygen atoms in total. The highest BCUT2D eigenvalue weighted by Crippen LogP contribution is 2.52. The van der Waals surface area contributed by atoms with Gasteiger partial charge >= 0.3 is 0 Å². The van der Waals surface area contributed by atoms with Crippen LogP contribution in [0.15, 0.2) is 48.5 Å². The zero-order valence-electron chi connectivity index (χ0n) is 13.8. The van der Waals surface area contributed by atoms with Crippen LogP contribution in [0.1, 0.15) is 49.0 Å². The van der Waals surface area contributed by atoms with Gasteiger partial charge in [-0.2, -0.15) is 0 Å². The maximum Gasteiger partial charge on any atom is 0.166 e. The Hall–Kier alpha value is -2.09. The number of hydrogen-bond acceptors (Lipinski definition) is 2. The second kappa shape index (κ2) is 5.23.